The molecule has 1 heterocycles. The smallest absolute Gasteiger partial charge is 0.317 e. The largest absolute Gasteiger partial charge is 0.336 e. The number of nitrogens with one attached hydrogen (secondary N) is 2. The van der Waals surface area contributed by atoms with Crippen LogP contribution in [0.3, 0.4) is 0 Å². The third-order valence-corrected chi connectivity index (χ3v) is 7.11. The number of hydrogen-bond donors (Lipinski definition) is 2. The second kappa shape index (κ2) is 8.48. The van der Waals surface area contributed by atoms with Crippen LogP contribution in [0.2, 0.25) is 0 Å². The summed E-state index contributed by atoms with van der Waals surface area (Å²) in [6.45, 7) is 4.22. The van der Waals surface area contributed by atoms with Crippen LogP contribution < -0.4 is 10.0 Å². The number of carbonyl (C=O) groups is 1. The standard InChI is InChI=1S/C24H30FN3O3S/c1-16(2)26-23(29)28-15-24(12-13-24)22(27-32(3,30)31)20(28)14-18-10-7-11-19(21(18)25)17-8-5-4-6-9-17/h4-11,16,20,22,27H,12-15H2,1-3H3,(H,26,29)/t20-,22+/m0/s1. The molecule has 2 aromatic rings. The summed E-state index contributed by atoms with van der Waals surface area (Å²) in [5.74, 6) is -0.335. The summed E-state index contributed by atoms with van der Waals surface area (Å²) in [5.41, 5.74) is 1.46. The average Bonchev–Trinajstić information content (AvgIpc) is 3.44. The summed E-state index contributed by atoms with van der Waals surface area (Å²) in [4.78, 5) is 14.7. The number of likely N-dealkylation sites (tertiary alicyclic amines) is 1. The molecule has 2 atom stereocenters. The zero-order chi connectivity index (χ0) is 23.1. The number of nitrogens with zero attached hydrogens (tertiary/aromatic N) is 1. The molecule has 2 amide bonds. The minimum Gasteiger partial charge on any atom is -0.336 e. The Morgan fingerprint density at radius 2 is 1.84 bits per heavy atom. The van der Waals surface area contributed by atoms with Gasteiger partial charge in [0.15, 0.2) is 0 Å². The van der Waals surface area contributed by atoms with Crippen LogP contribution in [-0.4, -0.2) is 50.3 Å². The van der Waals surface area contributed by atoms with Crippen LogP contribution in [0.1, 0.15) is 32.3 Å². The second-order valence-electron chi connectivity index (χ2n) is 9.38. The summed E-state index contributed by atoms with van der Waals surface area (Å²) < 4.78 is 42.7. The Morgan fingerprint density at radius 1 is 1.16 bits per heavy atom. The molecule has 0 radical (unpaired) electrons. The lowest BCUT2D eigenvalue weighted by atomic mass is 9.91. The molecule has 32 heavy (non-hydrogen) atoms. The molecular formula is C24H30FN3O3S. The molecule has 4 rings (SSSR count). The van der Waals surface area contributed by atoms with E-state index in [-0.39, 0.29) is 29.7 Å². The fourth-order valence-corrected chi connectivity index (χ4v) is 5.66. The van der Waals surface area contributed by atoms with Gasteiger partial charge in [-0.2, -0.15) is 0 Å². The van der Waals surface area contributed by atoms with E-state index in [1.54, 1.807) is 23.1 Å². The summed E-state index contributed by atoms with van der Waals surface area (Å²) in [5, 5.41) is 2.92. The molecule has 1 aliphatic carbocycles. The van der Waals surface area contributed by atoms with Gasteiger partial charge in [-0.3, -0.25) is 0 Å². The molecule has 2 aliphatic rings. The Kier molecular flexibility index (Phi) is 6.02. The number of carbonyl (C=O) groups excluding carboxylic acids is 1. The van der Waals surface area contributed by atoms with Crippen molar-refractivity contribution < 1.29 is 17.6 Å². The van der Waals surface area contributed by atoms with Gasteiger partial charge in [0.1, 0.15) is 5.82 Å². The number of halogens is 1. The van der Waals surface area contributed by atoms with E-state index in [2.05, 4.69) is 10.0 Å². The molecule has 1 saturated carbocycles. The monoisotopic (exact) mass is 459 g/mol. The molecule has 1 spiro atoms. The maximum atomic E-state index is 15.6. The topological polar surface area (TPSA) is 78.5 Å². The van der Waals surface area contributed by atoms with Crippen molar-refractivity contribution in [2.45, 2.75) is 51.2 Å². The lowest BCUT2D eigenvalue weighted by molar-refractivity contribution is 0.186. The van der Waals surface area contributed by atoms with Gasteiger partial charge in [-0.1, -0.05) is 48.5 Å². The predicted molar refractivity (Wildman–Crippen MR) is 123 cm³/mol. The van der Waals surface area contributed by atoms with Gasteiger partial charge in [-0.05, 0) is 44.2 Å². The fourth-order valence-electron chi connectivity index (χ4n) is 4.79. The van der Waals surface area contributed by atoms with E-state index >= 15 is 4.39 Å². The van der Waals surface area contributed by atoms with E-state index in [1.165, 1.54) is 0 Å². The van der Waals surface area contributed by atoms with Crippen LogP contribution >= 0.6 is 0 Å². The normalized spacial score (nSPS) is 21.8. The summed E-state index contributed by atoms with van der Waals surface area (Å²) in [7, 11) is -3.50. The van der Waals surface area contributed by atoms with E-state index < -0.39 is 22.1 Å². The molecule has 172 valence electrons. The zero-order valence-electron chi connectivity index (χ0n) is 18.6. The first-order valence-electron chi connectivity index (χ1n) is 11.0. The van der Waals surface area contributed by atoms with E-state index in [0.29, 0.717) is 17.7 Å². The minimum absolute atomic E-state index is 0.0571. The molecule has 1 aliphatic heterocycles. The maximum absolute atomic E-state index is 15.6. The van der Waals surface area contributed by atoms with E-state index in [4.69, 9.17) is 0 Å². The molecule has 6 nitrogen and oxygen atoms in total. The van der Waals surface area contributed by atoms with Crippen molar-refractivity contribution in [1.29, 1.82) is 0 Å². The molecule has 2 N–H and O–H groups in total. The van der Waals surface area contributed by atoms with Gasteiger partial charge in [-0.15, -0.1) is 0 Å². The van der Waals surface area contributed by atoms with Crippen LogP contribution in [0.5, 0.6) is 0 Å². The van der Waals surface area contributed by atoms with Crippen LogP contribution in [0.25, 0.3) is 11.1 Å². The van der Waals surface area contributed by atoms with E-state index in [1.807, 2.05) is 44.2 Å². The van der Waals surface area contributed by atoms with Gasteiger partial charge >= 0.3 is 6.03 Å². The second-order valence-corrected chi connectivity index (χ2v) is 11.2. The van der Waals surface area contributed by atoms with E-state index in [0.717, 1.165) is 24.7 Å². The number of rotatable bonds is 6. The Labute approximate surface area is 189 Å². The summed E-state index contributed by atoms with van der Waals surface area (Å²) >= 11 is 0. The molecular weight excluding hydrogens is 429 g/mol. The summed E-state index contributed by atoms with van der Waals surface area (Å²) in [6.07, 6.45) is 3.05. The van der Waals surface area contributed by atoms with Crippen molar-refractivity contribution in [3.63, 3.8) is 0 Å². The zero-order valence-corrected chi connectivity index (χ0v) is 19.5. The third-order valence-electron chi connectivity index (χ3n) is 6.43. The first kappa shape index (κ1) is 22.7. The molecule has 0 unspecified atom stereocenters. The highest BCUT2D eigenvalue weighted by molar-refractivity contribution is 7.88. The Morgan fingerprint density at radius 3 is 2.44 bits per heavy atom. The van der Waals surface area contributed by atoms with Gasteiger partial charge in [0.25, 0.3) is 0 Å². The highest BCUT2D eigenvalue weighted by Gasteiger charge is 2.61. The molecule has 8 heteroatoms. The van der Waals surface area contributed by atoms with Gasteiger partial charge in [-0.25, -0.2) is 22.3 Å². The molecule has 0 aromatic heterocycles. The minimum atomic E-state index is -3.50. The van der Waals surface area contributed by atoms with Crippen LogP contribution in [-0.2, 0) is 16.4 Å². The van der Waals surface area contributed by atoms with Gasteiger partial charge in [0.05, 0.1) is 12.3 Å². The molecule has 2 fully saturated rings. The lowest BCUT2D eigenvalue weighted by Gasteiger charge is -2.30. The number of urea groups is 1. The Hall–Kier alpha value is -2.45. The van der Waals surface area contributed by atoms with E-state index in [9.17, 15) is 13.2 Å². The van der Waals surface area contributed by atoms with Gasteiger partial charge in [0, 0.05) is 29.6 Å². The van der Waals surface area contributed by atoms with Crippen LogP contribution in [0.4, 0.5) is 9.18 Å². The van der Waals surface area contributed by atoms with Crippen molar-refractivity contribution in [3.8, 4) is 11.1 Å². The van der Waals surface area contributed by atoms with Crippen molar-refractivity contribution >= 4 is 16.1 Å². The third kappa shape index (κ3) is 4.66. The SMILES string of the molecule is CC(C)NC(=O)N1CC2(CC2)[C@H](NS(C)(=O)=O)[C@@H]1Cc1cccc(-c2ccccc2)c1F. The first-order valence-corrected chi connectivity index (χ1v) is 12.9. The van der Waals surface area contributed by atoms with Crippen molar-refractivity contribution in [2.24, 2.45) is 5.41 Å². The highest BCUT2D eigenvalue weighted by atomic mass is 32.2. The van der Waals surface area contributed by atoms with Gasteiger partial charge in [0.2, 0.25) is 10.0 Å². The van der Waals surface area contributed by atoms with Crippen molar-refractivity contribution in [1.82, 2.24) is 14.9 Å². The quantitative estimate of drug-likeness (QED) is 0.694. The Balaban J connectivity index is 1.70. The molecule has 2 aromatic carbocycles. The predicted octanol–water partition coefficient (Wildman–Crippen LogP) is 3.54. The maximum Gasteiger partial charge on any atom is 0.317 e. The number of benzene rings is 2. The number of amides is 2. The van der Waals surface area contributed by atoms with Crippen molar-refractivity contribution in [2.75, 3.05) is 12.8 Å². The lowest BCUT2D eigenvalue weighted by Crippen LogP contribution is -2.52. The van der Waals surface area contributed by atoms with Crippen LogP contribution in [0, 0.1) is 11.2 Å². The fraction of sp³-hybridized carbons (Fsp3) is 0.458. The van der Waals surface area contributed by atoms with Crippen molar-refractivity contribution in [3.05, 3.63) is 59.9 Å². The first-order chi connectivity index (χ1) is 15.1. The van der Waals surface area contributed by atoms with Crippen LogP contribution in [0.15, 0.2) is 48.5 Å². The number of hydrogen-bond acceptors (Lipinski definition) is 3. The molecule has 1 saturated heterocycles. The number of sulfonamides is 1. The summed E-state index contributed by atoms with van der Waals surface area (Å²) in [6, 6.07) is 13.3. The highest BCUT2D eigenvalue weighted by Crippen LogP contribution is 2.55. The average molecular weight is 460 g/mol. The van der Waals surface area contributed by atoms with Gasteiger partial charge < -0.3 is 10.2 Å². The molecule has 0 bridgehead atoms. The Bertz CT molecular complexity index is 1100.